The van der Waals surface area contributed by atoms with Crippen LogP contribution in [0.2, 0.25) is 0 Å². The zero-order valence-corrected chi connectivity index (χ0v) is 12.7. The topological polar surface area (TPSA) is 24.5 Å². The van der Waals surface area contributed by atoms with Gasteiger partial charge in [0.1, 0.15) is 12.4 Å². The minimum atomic E-state index is 0.724. The van der Waals surface area contributed by atoms with E-state index in [-0.39, 0.29) is 0 Å². The molecule has 19 heavy (non-hydrogen) atoms. The van der Waals surface area contributed by atoms with Gasteiger partial charge < -0.3 is 10.1 Å². The van der Waals surface area contributed by atoms with E-state index in [2.05, 4.69) is 26.1 Å². The molecule has 1 saturated heterocycles. The van der Waals surface area contributed by atoms with Crippen LogP contribution in [0.3, 0.4) is 0 Å². The quantitative estimate of drug-likeness (QED) is 0.900. The lowest BCUT2D eigenvalue weighted by Crippen LogP contribution is -2.52. The molecule has 1 aliphatic heterocycles. The van der Waals surface area contributed by atoms with Gasteiger partial charge in [-0.3, -0.25) is 4.90 Å². The summed E-state index contributed by atoms with van der Waals surface area (Å²) in [6, 6.07) is 8.78. The van der Waals surface area contributed by atoms with Gasteiger partial charge in [-0.25, -0.2) is 0 Å². The van der Waals surface area contributed by atoms with Crippen molar-refractivity contribution in [1.82, 2.24) is 10.2 Å². The minimum absolute atomic E-state index is 0.724. The molecule has 1 aromatic rings. The number of nitrogens with one attached hydrogen (secondary N) is 1. The molecule has 1 N–H and O–H groups in total. The SMILES string of the molecule is Brc1ccc(OCCN2CCNC(C3CC3)C2)cc1. The monoisotopic (exact) mass is 324 g/mol. The van der Waals surface area contributed by atoms with Crippen LogP contribution in [-0.2, 0) is 0 Å². The van der Waals surface area contributed by atoms with E-state index in [1.54, 1.807) is 0 Å². The van der Waals surface area contributed by atoms with Crippen molar-refractivity contribution in [2.75, 3.05) is 32.8 Å². The van der Waals surface area contributed by atoms with Crippen molar-refractivity contribution in [3.8, 4) is 5.75 Å². The van der Waals surface area contributed by atoms with E-state index in [1.807, 2.05) is 24.3 Å². The number of piperazine rings is 1. The summed E-state index contributed by atoms with van der Waals surface area (Å²) in [4.78, 5) is 2.53. The Balaban J connectivity index is 1.40. The fourth-order valence-electron chi connectivity index (χ4n) is 2.68. The number of hydrogen-bond donors (Lipinski definition) is 1. The molecule has 1 unspecified atom stereocenters. The van der Waals surface area contributed by atoms with Crippen molar-refractivity contribution in [3.63, 3.8) is 0 Å². The van der Waals surface area contributed by atoms with Crippen LogP contribution in [0.15, 0.2) is 28.7 Å². The normalized spacial score (nSPS) is 24.4. The second kappa shape index (κ2) is 6.25. The van der Waals surface area contributed by atoms with Crippen molar-refractivity contribution >= 4 is 15.9 Å². The smallest absolute Gasteiger partial charge is 0.119 e. The molecule has 0 radical (unpaired) electrons. The Kier molecular flexibility index (Phi) is 4.41. The lowest BCUT2D eigenvalue weighted by atomic mass is 10.1. The van der Waals surface area contributed by atoms with Crippen molar-refractivity contribution in [2.24, 2.45) is 5.92 Å². The first kappa shape index (κ1) is 13.4. The Morgan fingerprint density at radius 3 is 2.79 bits per heavy atom. The molecule has 104 valence electrons. The Bertz CT molecular complexity index is 405. The third-order valence-electron chi connectivity index (χ3n) is 3.97. The summed E-state index contributed by atoms with van der Waals surface area (Å²) in [5.41, 5.74) is 0. The fourth-order valence-corrected chi connectivity index (χ4v) is 2.95. The molecule has 0 aromatic heterocycles. The third kappa shape index (κ3) is 3.94. The number of rotatable bonds is 5. The largest absolute Gasteiger partial charge is 0.492 e. The van der Waals surface area contributed by atoms with Gasteiger partial charge in [-0.1, -0.05) is 15.9 Å². The molecule has 0 spiro atoms. The van der Waals surface area contributed by atoms with Gasteiger partial charge in [0.15, 0.2) is 0 Å². The highest BCUT2D eigenvalue weighted by Gasteiger charge is 2.33. The van der Waals surface area contributed by atoms with Gasteiger partial charge in [-0.15, -0.1) is 0 Å². The maximum Gasteiger partial charge on any atom is 0.119 e. The summed E-state index contributed by atoms with van der Waals surface area (Å²) in [6.07, 6.45) is 2.84. The van der Waals surface area contributed by atoms with E-state index in [0.29, 0.717) is 0 Å². The van der Waals surface area contributed by atoms with Gasteiger partial charge >= 0.3 is 0 Å². The number of ether oxygens (including phenoxy) is 1. The third-order valence-corrected chi connectivity index (χ3v) is 4.50. The zero-order valence-electron chi connectivity index (χ0n) is 11.1. The number of benzene rings is 1. The van der Waals surface area contributed by atoms with E-state index in [9.17, 15) is 0 Å². The van der Waals surface area contributed by atoms with Crippen LogP contribution in [0.25, 0.3) is 0 Å². The highest BCUT2D eigenvalue weighted by Crippen LogP contribution is 2.33. The molecule has 1 aliphatic carbocycles. The van der Waals surface area contributed by atoms with Crippen molar-refractivity contribution in [3.05, 3.63) is 28.7 Å². The van der Waals surface area contributed by atoms with Crippen LogP contribution in [0.5, 0.6) is 5.75 Å². The molecular weight excluding hydrogens is 304 g/mol. The molecule has 4 heteroatoms. The molecule has 2 aliphatic rings. The maximum atomic E-state index is 5.79. The molecule has 0 amide bonds. The predicted octanol–water partition coefficient (Wildman–Crippen LogP) is 2.51. The molecule has 1 aromatic carbocycles. The summed E-state index contributed by atoms with van der Waals surface area (Å²) in [5, 5.41) is 3.64. The lowest BCUT2D eigenvalue weighted by Gasteiger charge is -2.33. The first-order valence-corrected chi connectivity index (χ1v) is 7.95. The zero-order chi connectivity index (χ0) is 13.1. The minimum Gasteiger partial charge on any atom is -0.492 e. The summed E-state index contributed by atoms with van der Waals surface area (Å²) in [7, 11) is 0. The number of hydrogen-bond acceptors (Lipinski definition) is 3. The van der Waals surface area contributed by atoms with E-state index >= 15 is 0 Å². The van der Waals surface area contributed by atoms with Crippen LogP contribution in [0.1, 0.15) is 12.8 Å². The van der Waals surface area contributed by atoms with Crippen LogP contribution >= 0.6 is 15.9 Å². The van der Waals surface area contributed by atoms with E-state index in [4.69, 9.17) is 4.74 Å². The summed E-state index contributed by atoms with van der Waals surface area (Å²) < 4.78 is 6.88. The molecule has 1 atom stereocenters. The predicted molar refractivity (Wildman–Crippen MR) is 80.6 cm³/mol. The Morgan fingerprint density at radius 2 is 2.05 bits per heavy atom. The van der Waals surface area contributed by atoms with Gasteiger partial charge in [0.05, 0.1) is 0 Å². The molecule has 2 fully saturated rings. The molecular formula is C15H21BrN2O. The van der Waals surface area contributed by atoms with E-state index in [1.165, 1.54) is 19.4 Å². The molecule has 3 nitrogen and oxygen atoms in total. The highest BCUT2D eigenvalue weighted by atomic mass is 79.9. The van der Waals surface area contributed by atoms with Crippen molar-refractivity contribution in [2.45, 2.75) is 18.9 Å². The van der Waals surface area contributed by atoms with Crippen LogP contribution in [0, 0.1) is 5.92 Å². The second-order valence-corrected chi connectivity index (χ2v) is 6.42. The standard InChI is InChI=1S/C15H21BrN2O/c16-13-3-5-14(6-4-13)19-10-9-18-8-7-17-15(11-18)12-1-2-12/h3-6,12,15,17H,1-2,7-11H2. The fraction of sp³-hybridized carbons (Fsp3) is 0.600. The van der Waals surface area contributed by atoms with Gasteiger partial charge in [0.25, 0.3) is 0 Å². The number of halogens is 1. The lowest BCUT2D eigenvalue weighted by molar-refractivity contribution is 0.158. The molecule has 1 saturated carbocycles. The maximum absolute atomic E-state index is 5.79. The Morgan fingerprint density at radius 1 is 1.26 bits per heavy atom. The van der Waals surface area contributed by atoms with Crippen LogP contribution < -0.4 is 10.1 Å². The average molecular weight is 325 g/mol. The highest BCUT2D eigenvalue weighted by molar-refractivity contribution is 9.10. The van der Waals surface area contributed by atoms with Gasteiger partial charge in [-0.2, -0.15) is 0 Å². The molecule has 0 bridgehead atoms. The van der Waals surface area contributed by atoms with Crippen LogP contribution in [-0.4, -0.2) is 43.7 Å². The second-order valence-electron chi connectivity index (χ2n) is 5.50. The Hall–Kier alpha value is -0.580. The summed E-state index contributed by atoms with van der Waals surface area (Å²) in [5.74, 6) is 1.90. The number of nitrogens with zero attached hydrogens (tertiary/aromatic N) is 1. The summed E-state index contributed by atoms with van der Waals surface area (Å²) >= 11 is 3.43. The first-order valence-electron chi connectivity index (χ1n) is 7.15. The summed E-state index contributed by atoms with van der Waals surface area (Å²) in [6.45, 7) is 5.26. The van der Waals surface area contributed by atoms with Crippen LogP contribution in [0.4, 0.5) is 0 Å². The van der Waals surface area contributed by atoms with E-state index < -0.39 is 0 Å². The van der Waals surface area contributed by atoms with Gasteiger partial charge in [-0.05, 0) is 43.0 Å². The van der Waals surface area contributed by atoms with Crippen molar-refractivity contribution < 1.29 is 4.74 Å². The van der Waals surface area contributed by atoms with Gasteiger partial charge in [0.2, 0.25) is 0 Å². The van der Waals surface area contributed by atoms with Crippen molar-refractivity contribution in [1.29, 1.82) is 0 Å². The molecule has 3 rings (SSSR count). The Labute approximate surface area is 123 Å². The van der Waals surface area contributed by atoms with E-state index in [0.717, 1.165) is 48.4 Å². The first-order chi connectivity index (χ1) is 9.31. The average Bonchev–Trinajstić information content (AvgIpc) is 3.26. The van der Waals surface area contributed by atoms with Gasteiger partial charge in [0, 0.05) is 36.7 Å². The molecule has 1 heterocycles.